The van der Waals surface area contributed by atoms with Gasteiger partial charge in [-0.2, -0.15) is 0 Å². The van der Waals surface area contributed by atoms with Crippen molar-refractivity contribution in [2.75, 3.05) is 31.8 Å². The molecule has 3 unspecified atom stereocenters. The van der Waals surface area contributed by atoms with Crippen LogP contribution in [0.1, 0.15) is 25.7 Å². The van der Waals surface area contributed by atoms with Crippen LogP contribution in [-0.2, 0) is 24.1 Å². The maximum Gasteiger partial charge on any atom is 0.152 e. The van der Waals surface area contributed by atoms with E-state index < -0.39 is 15.9 Å². The quantitative estimate of drug-likeness (QED) is 0.762. The van der Waals surface area contributed by atoms with Gasteiger partial charge in [0.25, 0.3) is 0 Å². The van der Waals surface area contributed by atoms with E-state index in [0.29, 0.717) is 32.7 Å². The molecule has 0 amide bonds. The highest BCUT2D eigenvalue weighted by molar-refractivity contribution is 7.90. The average Bonchev–Trinajstić information content (AvgIpc) is 2.82. The van der Waals surface area contributed by atoms with E-state index in [2.05, 4.69) is 0 Å². The van der Waals surface area contributed by atoms with Gasteiger partial charge in [0.15, 0.2) is 5.78 Å². The Morgan fingerprint density at radius 2 is 2.20 bits per heavy atom. The van der Waals surface area contributed by atoms with Gasteiger partial charge in [0.05, 0.1) is 24.0 Å². The molecule has 0 radical (unpaired) electrons. The van der Waals surface area contributed by atoms with Crippen LogP contribution < -0.4 is 5.73 Å². The van der Waals surface area contributed by atoms with E-state index in [4.69, 9.17) is 15.2 Å². The van der Waals surface area contributed by atoms with E-state index in [1.54, 1.807) is 0 Å². The van der Waals surface area contributed by atoms with Gasteiger partial charge >= 0.3 is 0 Å². The van der Waals surface area contributed by atoms with E-state index in [-0.39, 0.29) is 29.5 Å². The third-order valence-corrected chi connectivity index (χ3v) is 5.10. The van der Waals surface area contributed by atoms with Crippen LogP contribution in [0.25, 0.3) is 0 Å². The summed E-state index contributed by atoms with van der Waals surface area (Å²) in [7, 11) is -3.08. The SMILES string of the molecule is CS(=O)(=O)CCC(N)C(=O)C1CCOC2(CCOC2)C1. The highest BCUT2D eigenvalue weighted by Gasteiger charge is 2.43. The topological polar surface area (TPSA) is 95.7 Å². The summed E-state index contributed by atoms with van der Waals surface area (Å²) in [5.74, 6) is -0.222. The minimum absolute atomic E-state index is 0.0387. The van der Waals surface area contributed by atoms with Crippen LogP contribution in [0, 0.1) is 5.92 Å². The minimum atomic E-state index is -3.08. The first-order valence-corrected chi connectivity index (χ1v) is 9.06. The van der Waals surface area contributed by atoms with Crippen LogP contribution in [0.5, 0.6) is 0 Å². The van der Waals surface area contributed by atoms with Crippen LogP contribution in [0.4, 0.5) is 0 Å². The van der Waals surface area contributed by atoms with E-state index in [9.17, 15) is 13.2 Å². The van der Waals surface area contributed by atoms with Crippen LogP contribution >= 0.6 is 0 Å². The van der Waals surface area contributed by atoms with Gasteiger partial charge in [0.1, 0.15) is 9.84 Å². The molecule has 116 valence electrons. The molecule has 2 aliphatic heterocycles. The Hall–Kier alpha value is -0.500. The highest BCUT2D eigenvalue weighted by Crippen LogP contribution is 2.36. The summed E-state index contributed by atoms with van der Waals surface area (Å²) in [5, 5.41) is 0. The molecule has 0 bridgehead atoms. The van der Waals surface area contributed by atoms with Crippen molar-refractivity contribution in [1.82, 2.24) is 0 Å². The van der Waals surface area contributed by atoms with Gasteiger partial charge in [-0.05, 0) is 19.3 Å². The Balaban J connectivity index is 1.91. The first-order chi connectivity index (χ1) is 9.31. The Morgan fingerprint density at radius 3 is 2.80 bits per heavy atom. The largest absolute Gasteiger partial charge is 0.378 e. The summed E-state index contributed by atoms with van der Waals surface area (Å²) >= 11 is 0. The van der Waals surface area contributed by atoms with Gasteiger partial charge in [-0.1, -0.05) is 0 Å². The lowest BCUT2D eigenvalue weighted by atomic mass is 9.81. The van der Waals surface area contributed by atoms with Gasteiger partial charge in [-0.3, -0.25) is 4.79 Å². The van der Waals surface area contributed by atoms with Crippen molar-refractivity contribution < 1.29 is 22.7 Å². The number of ketones is 1. The number of Topliss-reactive ketones (excluding diaryl/α,β-unsaturated/α-hetero) is 1. The molecule has 3 atom stereocenters. The Morgan fingerprint density at radius 1 is 1.45 bits per heavy atom. The maximum absolute atomic E-state index is 12.3. The third-order valence-electron chi connectivity index (χ3n) is 4.13. The number of carbonyl (C=O) groups excluding carboxylic acids is 1. The number of sulfone groups is 1. The first-order valence-electron chi connectivity index (χ1n) is 7.00. The fourth-order valence-corrected chi connectivity index (χ4v) is 3.60. The number of nitrogens with two attached hydrogens (primary N) is 1. The molecule has 0 aromatic heterocycles. The molecule has 0 aromatic carbocycles. The number of hydrogen-bond acceptors (Lipinski definition) is 6. The standard InChI is InChI=1S/C13H23NO5S/c1-20(16,17)7-3-11(14)12(15)10-2-5-19-13(8-10)4-6-18-9-13/h10-11H,2-9,14H2,1H3. The molecule has 1 spiro atoms. The van der Waals surface area contributed by atoms with Crippen LogP contribution in [0.2, 0.25) is 0 Å². The molecule has 2 rings (SSSR count). The van der Waals surface area contributed by atoms with Crippen molar-refractivity contribution >= 4 is 15.6 Å². The minimum Gasteiger partial charge on any atom is -0.378 e. The van der Waals surface area contributed by atoms with E-state index in [0.717, 1.165) is 12.7 Å². The second-order valence-electron chi connectivity index (χ2n) is 5.95. The highest BCUT2D eigenvalue weighted by atomic mass is 32.2. The molecule has 0 saturated carbocycles. The zero-order valence-electron chi connectivity index (χ0n) is 11.8. The fourth-order valence-electron chi connectivity index (χ4n) is 2.92. The molecule has 2 N–H and O–H groups in total. The Bertz CT molecular complexity index is 455. The number of rotatable bonds is 5. The van der Waals surface area contributed by atoms with Crippen molar-refractivity contribution in [3.05, 3.63) is 0 Å². The Labute approximate surface area is 119 Å². The van der Waals surface area contributed by atoms with Crippen molar-refractivity contribution in [1.29, 1.82) is 0 Å². The normalized spacial score (nSPS) is 32.4. The van der Waals surface area contributed by atoms with Crippen LogP contribution in [-0.4, -0.2) is 57.7 Å². The lowest BCUT2D eigenvalue weighted by Gasteiger charge is -2.37. The second-order valence-corrected chi connectivity index (χ2v) is 8.21. The zero-order chi connectivity index (χ0) is 14.8. The third kappa shape index (κ3) is 4.00. The van der Waals surface area contributed by atoms with Crippen LogP contribution in [0.3, 0.4) is 0 Å². The monoisotopic (exact) mass is 305 g/mol. The molecule has 2 heterocycles. The number of ether oxygens (including phenoxy) is 2. The molecule has 2 fully saturated rings. The molecule has 0 aromatic rings. The first kappa shape index (κ1) is 15.9. The summed E-state index contributed by atoms with van der Waals surface area (Å²) < 4.78 is 33.4. The van der Waals surface area contributed by atoms with Gasteiger partial charge in [0, 0.05) is 31.8 Å². The maximum atomic E-state index is 12.3. The molecule has 7 heteroatoms. The van der Waals surface area contributed by atoms with Gasteiger partial charge in [-0.25, -0.2) is 8.42 Å². The van der Waals surface area contributed by atoms with E-state index in [1.807, 2.05) is 0 Å². The molecule has 0 aliphatic carbocycles. The smallest absolute Gasteiger partial charge is 0.152 e. The van der Waals surface area contributed by atoms with Gasteiger partial charge in [-0.15, -0.1) is 0 Å². The number of hydrogen-bond donors (Lipinski definition) is 1. The van der Waals surface area contributed by atoms with Gasteiger partial charge < -0.3 is 15.2 Å². The summed E-state index contributed by atoms with van der Waals surface area (Å²) in [5.41, 5.74) is 5.53. The summed E-state index contributed by atoms with van der Waals surface area (Å²) in [6.45, 7) is 1.75. The lowest BCUT2D eigenvalue weighted by molar-refractivity contribution is -0.138. The molecular formula is C13H23NO5S. The summed E-state index contributed by atoms with van der Waals surface area (Å²) in [6, 6.07) is -0.702. The van der Waals surface area contributed by atoms with Crippen molar-refractivity contribution in [2.24, 2.45) is 11.7 Å². The Kier molecular flexibility index (Phi) is 4.84. The predicted molar refractivity (Wildman–Crippen MR) is 74.2 cm³/mol. The summed E-state index contributed by atoms with van der Waals surface area (Å²) in [4.78, 5) is 12.3. The molecule has 20 heavy (non-hydrogen) atoms. The molecular weight excluding hydrogens is 282 g/mol. The van der Waals surface area contributed by atoms with Crippen molar-refractivity contribution in [3.63, 3.8) is 0 Å². The molecule has 2 aliphatic rings. The van der Waals surface area contributed by atoms with E-state index >= 15 is 0 Å². The predicted octanol–water partition coefficient (Wildman–Crippen LogP) is -0.0968. The van der Waals surface area contributed by atoms with E-state index in [1.165, 1.54) is 0 Å². The van der Waals surface area contributed by atoms with Crippen molar-refractivity contribution in [3.8, 4) is 0 Å². The molecule has 2 saturated heterocycles. The zero-order valence-corrected chi connectivity index (χ0v) is 12.7. The molecule has 6 nitrogen and oxygen atoms in total. The second kappa shape index (κ2) is 6.09. The fraction of sp³-hybridized carbons (Fsp3) is 0.923. The number of carbonyl (C=O) groups is 1. The average molecular weight is 305 g/mol. The lowest BCUT2D eigenvalue weighted by Crippen LogP contribution is -2.46. The van der Waals surface area contributed by atoms with Gasteiger partial charge in [0.2, 0.25) is 0 Å². The summed E-state index contributed by atoms with van der Waals surface area (Å²) in [6.07, 6.45) is 3.46. The van der Waals surface area contributed by atoms with Crippen molar-refractivity contribution in [2.45, 2.75) is 37.3 Å². The van der Waals surface area contributed by atoms with Crippen LogP contribution in [0.15, 0.2) is 0 Å².